The van der Waals surface area contributed by atoms with Crippen molar-refractivity contribution in [2.24, 2.45) is 0 Å². The highest BCUT2D eigenvalue weighted by Gasteiger charge is 2.18. The maximum absolute atomic E-state index is 9.30. The second-order valence-electron chi connectivity index (χ2n) is 11.2. The summed E-state index contributed by atoms with van der Waals surface area (Å²) in [6.45, 7) is 0. The zero-order valence-electron chi connectivity index (χ0n) is 35.0. The third-order valence-electron chi connectivity index (χ3n) is 8.65. The number of hydrogen-bond donors (Lipinski definition) is 0. The van der Waals surface area contributed by atoms with Crippen molar-refractivity contribution in [2.45, 2.75) is 12.8 Å². The number of benzene rings is 8. The summed E-state index contributed by atoms with van der Waals surface area (Å²) in [7, 11) is 0. The zero-order valence-corrected chi connectivity index (χ0v) is 24.0. The van der Waals surface area contributed by atoms with Crippen LogP contribution in [0.5, 0.6) is 0 Å². The van der Waals surface area contributed by atoms with Crippen molar-refractivity contribution in [1.82, 2.24) is 0 Å². The Bertz CT molecular complexity index is 3080. The Morgan fingerprint density at radius 2 is 1.02 bits per heavy atom. The van der Waals surface area contributed by atoms with Gasteiger partial charge < -0.3 is 4.42 Å². The summed E-state index contributed by atoms with van der Waals surface area (Å²) in [5.41, 5.74) is 4.92. The van der Waals surface area contributed by atoms with Gasteiger partial charge in [0.05, 0.1) is 15.1 Å². The fourth-order valence-corrected chi connectivity index (χ4v) is 6.69. The van der Waals surface area contributed by atoms with Crippen LogP contribution >= 0.6 is 0 Å². The van der Waals surface area contributed by atoms with Gasteiger partial charge in [0.15, 0.2) is 0 Å². The summed E-state index contributed by atoms with van der Waals surface area (Å²) in [5, 5.41) is 4.81. The topological polar surface area (TPSA) is 13.1 Å². The van der Waals surface area contributed by atoms with Crippen molar-refractivity contribution in [2.75, 3.05) is 0 Å². The zero-order chi connectivity index (χ0) is 39.3. The lowest BCUT2D eigenvalue weighted by atomic mass is 9.85. The number of hydrogen-bond acceptors (Lipinski definition) is 1. The summed E-state index contributed by atoms with van der Waals surface area (Å²) in [6, 6.07) is 25.5. The van der Waals surface area contributed by atoms with Gasteiger partial charge in [-0.25, -0.2) is 0 Å². The maximum atomic E-state index is 9.30. The second-order valence-corrected chi connectivity index (χ2v) is 11.2. The van der Waals surface area contributed by atoms with Crippen molar-refractivity contribution in [3.63, 3.8) is 0 Å². The van der Waals surface area contributed by atoms with Crippen molar-refractivity contribution in [3.8, 4) is 11.1 Å². The SMILES string of the molecule is [2H]c1c([2H])c([2H])c(-c2ccccc2Cc2c3ccccc3c(Cc3cccc4oc5c([2H])c6c([2H])c([2H])c([2H])c([2H])c6c([2H])c5c34)c3ccccc23)c([2H])c1[2H]. The molecule has 0 radical (unpaired) electrons. The highest BCUT2D eigenvalue weighted by atomic mass is 16.3. The molecule has 0 unspecified atom stereocenters. The third kappa shape index (κ3) is 4.31. The molecule has 0 spiro atoms. The molecule has 45 heavy (non-hydrogen) atoms. The van der Waals surface area contributed by atoms with Gasteiger partial charge in [0.2, 0.25) is 0 Å². The van der Waals surface area contributed by atoms with Crippen LogP contribution in [0, 0.1) is 0 Å². The quantitative estimate of drug-likeness (QED) is 0.183. The van der Waals surface area contributed by atoms with Gasteiger partial charge in [0.25, 0.3) is 0 Å². The Balaban J connectivity index is 1.27. The molecule has 0 bridgehead atoms. The monoisotopic (exact) mass is 585 g/mol. The second kappa shape index (κ2) is 10.5. The van der Waals surface area contributed by atoms with Crippen LogP contribution in [0.4, 0.5) is 0 Å². The number of fused-ring (bicyclic) bond motifs is 6. The van der Waals surface area contributed by atoms with Gasteiger partial charge in [0, 0.05) is 10.8 Å². The molecule has 212 valence electrons. The fraction of sp³-hybridized carbons (Fsp3) is 0.0455. The van der Waals surface area contributed by atoms with E-state index in [-0.39, 0.29) is 70.3 Å². The summed E-state index contributed by atoms with van der Waals surface area (Å²) in [4.78, 5) is 0. The Morgan fingerprint density at radius 3 is 1.71 bits per heavy atom. The molecule has 0 aliphatic rings. The first-order valence-corrected chi connectivity index (χ1v) is 14.8. The summed E-state index contributed by atoms with van der Waals surface area (Å²) in [5.74, 6) is 0. The van der Waals surface area contributed by atoms with Crippen LogP contribution in [0.2, 0.25) is 0 Å². The number of furan rings is 1. The summed E-state index contributed by atoms with van der Waals surface area (Å²) in [6.07, 6.45) is 0.818. The normalized spacial score (nSPS) is 15.2. The average Bonchev–Trinajstić information content (AvgIpc) is 3.62. The molecular formula is C44H30O. The molecule has 1 aromatic heterocycles. The van der Waals surface area contributed by atoms with E-state index >= 15 is 0 Å². The minimum absolute atomic E-state index is 0.0184. The highest BCUT2D eigenvalue weighted by molar-refractivity contribution is 6.12. The molecule has 0 saturated carbocycles. The van der Waals surface area contributed by atoms with E-state index in [0.717, 1.165) is 43.8 Å². The van der Waals surface area contributed by atoms with Crippen LogP contribution < -0.4 is 0 Å². The maximum Gasteiger partial charge on any atom is 0.136 e. The first-order valence-electron chi connectivity index (χ1n) is 20.3. The molecule has 0 aliphatic carbocycles. The van der Waals surface area contributed by atoms with Crippen LogP contribution in [-0.2, 0) is 12.8 Å². The van der Waals surface area contributed by atoms with Crippen LogP contribution in [0.15, 0.2) is 162 Å². The molecule has 1 heteroatoms. The Labute approximate surface area is 277 Å². The standard InChI is InChI=1S/C44H30O/c1-2-13-29(14-3-1)34-19-7-6-17-32(34)26-39-35-20-8-10-22-37(35)40(38-23-11-9-21-36(38)39)27-33-18-12-24-42-44(33)41-25-30-15-4-5-16-31(30)28-43(41)45-42/h1-25,28H,26-27H2/i1D,2D,3D,4D,5D,13D,14D,15D,16D,25D,28D. The van der Waals surface area contributed by atoms with Gasteiger partial charge in [0.1, 0.15) is 11.2 Å². The first-order chi connectivity index (χ1) is 26.9. The smallest absolute Gasteiger partial charge is 0.136 e. The van der Waals surface area contributed by atoms with E-state index in [1.54, 1.807) is 12.1 Å². The predicted octanol–water partition coefficient (Wildman–Crippen LogP) is 11.9. The van der Waals surface area contributed by atoms with E-state index in [1.807, 2.05) is 54.6 Å². The van der Waals surface area contributed by atoms with Gasteiger partial charge in [-0.15, -0.1) is 0 Å². The predicted molar refractivity (Wildman–Crippen MR) is 190 cm³/mol. The van der Waals surface area contributed by atoms with E-state index in [2.05, 4.69) is 24.3 Å². The van der Waals surface area contributed by atoms with Crippen molar-refractivity contribution >= 4 is 54.3 Å². The molecule has 8 aromatic carbocycles. The van der Waals surface area contributed by atoms with Crippen LogP contribution in [0.3, 0.4) is 0 Å². The van der Waals surface area contributed by atoms with Gasteiger partial charge >= 0.3 is 0 Å². The molecule has 1 nitrogen and oxygen atoms in total. The minimum Gasteiger partial charge on any atom is -0.456 e. The Hall–Kier alpha value is -5.66. The lowest BCUT2D eigenvalue weighted by Gasteiger charge is -2.19. The van der Waals surface area contributed by atoms with Crippen LogP contribution in [-0.4, -0.2) is 0 Å². The van der Waals surface area contributed by atoms with Gasteiger partial charge in [-0.3, -0.25) is 0 Å². The lowest BCUT2D eigenvalue weighted by Crippen LogP contribution is -1.99. The first kappa shape index (κ1) is 17.0. The molecule has 0 atom stereocenters. The lowest BCUT2D eigenvalue weighted by molar-refractivity contribution is 0.669. The van der Waals surface area contributed by atoms with Gasteiger partial charge in [-0.05, 0) is 96.7 Å². The van der Waals surface area contributed by atoms with Crippen molar-refractivity contribution in [3.05, 3.63) is 180 Å². The van der Waals surface area contributed by atoms with Crippen LogP contribution in [0.25, 0.3) is 65.4 Å². The molecule has 9 rings (SSSR count). The summed E-state index contributed by atoms with van der Waals surface area (Å²) < 4.78 is 100. The Morgan fingerprint density at radius 1 is 0.467 bits per heavy atom. The molecular weight excluding hydrogens is 544 g/mol. The molecule has 0 aliphatic heterocycles. The average molecular weight is 586 g/mol. The number of rotatable bonds is 5. The molecule has 1 heterocycles. The molecule has 0 amide bonds. The van der Waals surface area contributed by atoms with Crippen LogP contribution in [0.1, 0.15) is 37.3 Å². The van der Waals surface area contributed by atoms with E-state index in [1.165, 1.54) is 0 Å². The fourth-order valence-electron chi connectivity index (χ4n) is 6.69. The largest absolute Gasteiger partial charge is 0.456 e. The highest BCUT2D eigenvalue weighted by Crippen LogP contribution is 2.40. The third-order valence-corrected chi connectivity index (χ3v) is 8.65. The Kier molecular flexibility index (Phi) is 3.97. The van der Waals surface area contributed by atoms with E-state index in [9.17, 15) is 1.37 Å². The van der Waals surface area contributed by atoms with E-state index in [0.29, 0.717) is 34.8 Å². The minimum atomic E-state index is -0.466. The summed E-state index contributed by atoms with van der Waals surface area (Å²) >= 11 is 0. The molecule has 0 saturated heterocycles. The molecule has 0 N–H and O–H groups in total. The molecule has 0 fully saturated rings. The van der Waals surface area contributed by atoms with Crippen molar-refractivity contribution in [1.29, 1.82) is 0 Å². The van der Waals surface area contributed by atoms with E-state index in [4.69, 9.17) is 18.1 Å². The van der Waals surface area contributed by atoms with Crippen molar-refractivity contribution < 1.29 is 19.5 Å². The molecule has 9 aromatic rings. The van der Waals surface area contributed by atoms with Gasteiger partial charge in [-0.1, -0.05) is 139 Å². The van der Waals surface area contributed by atoms with Gasteiger partial charge in [-0.2, -0.15) is 0 Å². The van der Waals surface area contributed by atoms with E-state index < -0.39 is 18.1 Å².